The predicted molar refractivity (Wildman–Crippen MR) is 67.1 cm³/mol. The summed E-state index contributed by atoms with van der Waals surface area (Å²) in [5.41, 5.74) is 0.603. The van der Waals surface area contributed by atoms with Gasteiger partial charge in [0.05, 0.1) is 4.90 Å². The van der Waals surface area contributed by atoms with Gasteiger partial charge in [0.1, 0.15) is 0 Å². The molecule has 96 valence electrons. The highest BCUT2D eigenvalue weighted by molar-refractivity contribution is 7.89. The number of nitrogens with two attached hydrogens (primary N) is 1. The third-order valence-corrected chi connectivity index (χ3v) is 3.63. The van der Waals surface area contributed by atoms with Crippen LogP contribution in [0.15, 0.2) is 29.2 Å². The molecule has 0 amide bonds. The molecule has 0 aliphatic carbocycles. The minimum Gasteiger partial charge on any atom is -0.396 e. The molecule has 0 fully saturated rings. The highest BCUT2D eigenvalue weighted by atomic mass is 32.2. The van der Waals surface area contributed by atoms with E-state index < -0.39 is 10.0 Å². The average molecular weight is 257 g/mol. The number of hydrogen-bond acceptors (Lipinski definition) is 3. The van der Waals surface area contributed by atoms with Crippen LogP contribution >= 0.6 is 0 Å². The largest absolute Gasteiger partial charge is 0.396 e. The van der Waals surface area contributed by atoms with Crippen molar-refractivity contribution in [2.45, 2.75) is 31.1 Å². The van der Waals surface area contributed by atoms with Crippen molar-refractivity contribution in [3.8, 4) is 0 Å². The van der Waals surface area contributed by atoms with Gasteiger partial charge in [0.2, 0.25) is 10.0 Å². The van der Waals surface area contributed by atoms with Crippen molar-refractivity contribution in [1.29, 1.82) is 0 Å². The van der Waals surface area contributed by atoms with E-state index in [1.807, 2.05) is 13.8 Å². The van der Waals surface area contributed by atoms with Crippen LogP contribution in [0.3, 0.4) is 0 Å². The summed E-state index contributed by atoms with van der Waals surface area (Å²) in [6.45, 7) is 3.98. The molecule has 3 N–H and O–H groups in total. The van der Waals surface area contributed by atoms with E-state index in [-0.39, 0.29) is 17.4 Å². The predicted octanol–water partition coefficient (Wildman–Crippen LogP) is 1.46. The molecule has 0 spiro atoms. The number of rotatable bonds is 5. The van der Waals surface area contributed by atoms with Gasteiger partial charge >= 0.3 is 0 Å². The molecule has 1 atom stereocenters. The molecular formula is C12H19NO3S. The van der Waals surface area contributed by atoms with Crippen LogP contribution in [-0.4, -0.2) is 20.1 Å². The Balaban J connectivity index is 3.20. The fourth-order valence-electron chi connectivity index (χ4n) is 1.95. The summed E-state index contributed by atoms with van der Waals surface area (Å²) in [6.07, 6.45) is 0.725. The Hall–Kier alpha value is -0.910. The molecule has 17 heavy (non-hydrogen) atoms. The van der Waals surface area contributed by atoms with Gasteiger partial charge in [-0.15, -0.1) is 0 Å². The Morgan fingerprint density at radius 2 is 1.88 bits per heavy atom. The van der Waals surface area contributed by atoms with Gasteiger partial charge in [-0.25, -0.2) is 13.6 Å². The van der Waals surface area contributed by atoms with Crippen LogP contribution in [-0.2, 0) is 10.0 Å². The third kappa shape index (κ3) is 3.80. The van der Waals surface area contributed by atoms with E-state index in [4.69, 9.17) is 5.14 Å². The monoisotopic (exact) mass is 257 g/mol. The van der Waals surface area contributed by atoms with Crippen LogP contribution in [0.25, 0.3) is 0 Å². The van der Waals surface area contributed by atoms with Gasteiger partial charge in [-0.2, -0.15) is 0 Å². The SMILES string of the molecule is CC(C)C[C@@H](CO)c1ccccc1S(N)(=O)=O. The molecule has 0 radical (unpaired) electrons. The van der Waals surface area contributed by atoms with Crippen LogP contribution in [0.4, 0.5) is 0 Å². The van der Waals surface area contributed by atoms with E-state index in [1.165, 1.54) is 6.07 Å². The zero-order valence-electron chi connectivity index (χ0n) is 10.1. The van der Waals surface area contributed by atoms with Crippen molar-refractivity contribution < 1.29 is 13.5 Å². The lowest BCUT2D eigenvalue weighted by Gasteiger charge is -2.19. The fourth-order valence-corrected chi connectivity index (χ4v) is 2.78. The second-order valence-electron chi connectivity index (χ2n) is 4.59. The number of hydrogen-bond donors (Lipinski definition) is 2. The second-order valence-corrected chi connectivity index (χ2v) is 6.12. The number of primary sulfonamides is 1. The van der Waals surface area contributed by atoms with Crippen LogP contribution in [0.5, 0.6) is 0 Å². The first-order valence-electron chi connectivity index (χ1n) is 5.58. The molecule has 0 aliphatic heterocycles. The first-order valence-corrected chi connectivity index (χ1v) is 7.13. The van der Waals surface area contributed by atoms with Crippen molar-refractivity contribution in [3.63, 3.8) is 0 Å². The summed E-state index contributed by atoms with van der Waals surface area (Å²) in [6, 6.07) is 6.58. The lowest BCUT2D eigenvalue weighted by atomic mass is 9.91. The number of benzene rings is 1. The van der Waals surface area contributed by atoms with Crippen LogP contribution in [0.1, 0.15) is 31.7 Å². The third-order valence-electron chi connectivity index (χ3n) is 2.64. The molecule has 1 rings (SSSR count). The van der Waals surface area contributed by atoms with Crippen LogP contribution in [0, 0.1) is 5.92 Å². The average Bonchev–Trinajstić information content (AvgIpc) is 2.24. The summed E-state index contributed by atoms with van der Waals surface area (Å²) in [4.78, 5) is 0.111. The molecule has 0 bridgehead atoms. The van der Waals surface area contributed by atoms with Gasteiger partial charge in [-0.1, -0.05) is 32.0 Å². The molecule has 0 unspecified atom stereocenters. The summed E-state index contributed by atoms with van der Waals surface area (Å²) in [5, 5.41) is 14.6. The van der Waals surface area contributed by atoms with Crippen molar-refractivity contribution >= 4 is 10.0 Å². The van der Waals surface area contributed by atoms with Crippen molar-refractivity contribution in [3.05, 3.63) is 29.8 Å². The van der Waals surface area contributed by atoms with E-state index in [9.17, 15) is 13.5 Å². The molecular weight excluding hydrogens is 238 g/mol. The Morgan fingerprint density at radius 1 is 1.29 bits per heavy atom. The molecule has 0 aromatic heterocycles. The maximum atomic E-state index is 11.5. The fraction of sp³-hybridized carbons (Fsp3) is 0.500. The summed E-state index contributed by atoms with van der Waals surface area (Å²) >= 11 is 0. The van der Waals surface area contributed by atoms with Gasteiger partial charge in [0, 0.05) is 12.5 Å². The molecule has 0 saturated heterocycles. The molecule has 0 saturated carbocycles. The van der Waals surface area contributed by atoms with E-state index in [0.717, 1.165) is 6.42 Å². The number of sulfonamides is 1. The minimum absolute atomic E-state index is 0.0787. The van der Waals surface area contributed by atoms with Gasteiger partial charge < -0.3 is 5.11 Å². The van der Waals surface area contributed by atoms with E-state index in [1.54, 1.807) is 18.2 Å². The topological polar surface area (TPSA) is 80.4 Å². The van der Waals surface area contributed by atoms with Crippen molar-refractivity contribution in [2.24, 2.45) is 11.1 Å². The Kier molecular flexibility index (Phi) is 4.68. The maximum absolute atomic E-state index is 11.5. The van der Waals surface area contributed by atoms with Gasteiger partial charge in [0.25, 0.3) is 0 Å². The molecule has 0 aliphatic rings. The molecule has 1 aromatic carbocycles. The Bertz CT molecular complexity index is 468. The van der Waals surface area contributed by atoms with E-state index in [0.29, 0.717) is 11.5 Å². The van der Waals surface area contributed by atoms with Crippen molar-refractivity contribution in [2.75, 3.05) is 6.61 Å². The number of aliphatic hydroxyl groups is 1. The van der Waals surface area contributed by atoms with Gasteiger partial charge in [0.15, 0.2) is 0 Å². The second kappa shape index (κ2) is 5.62. The van der Waals surface area contributed by atoms with Crippen molar-refractivity contribution in [1.82, 2.24) is 0 Å². The maximum Gasteiger partial charge on any atom is 0.238 e. The van der Waals surface area contributed by atoms with Gasteiger partial charge in [-0.05, 0) is 24.0 Å². The summed E-state index contributed by atoms with van der Waals surface area (Å²) < 4.78 is 22.9. The van der Waals surface area contributed by atoms with Crippen LogP contribution < -0.4 is 5.14 Å². The molecule has 1 aromatic rings. The normalized spacial score (nSPS) is 13.9. The first kappa shape index (κ1) is 14.2. The number of aliphatic hydroxyl groups excluding tert-OH is 1. The Labute approximate surface area is 103 Å². The highest BCUT2D eigenvalue weighted by Gasteiger charge is 2.20. The van der Waals surface area contributed by atoms with Crippen LogP contribution in [0.2, 0.25) is 0 Å². The zero-order valence-corrected chi connectivity index (χ0v) is 10.9. The van der Waals surface area contributed by atoms with Gasteiger partial charge in [-0.3, -0.25) is 0 Å². The molecule has 4 nitrogen and oxygen atoms in total. The summed E-state index contributed by atoms with van der Waals surface area (Å²) in [7, 11) is -3.74. The Morgan fingerprint density at radius 3 is 2.35 bits per heavy atom. The lowest BCUT2D eigenvalue weighted by Crippen LogP contribution is -2.18. The first-order chi connectivity index (χ1) is 7.86. The molecule has 0 heterocycles. The lowest BCUT2D eigenvalue weighted by molar-refractivity contribution is 0.247. The standard InChI is InChI=1S/C12H19NO3S/c1-9(2)7-10(8-14)11-5-3-4-6-12(11)17(13,15)16/h3-6,9-10,14H,7-8H2,1-2H3,(H2,13,15,16)/t10-/m0/s1. The minimum atomic E-state index is -3.74. The zero-order chi connectivity index (χ0) is 13.1. The smallest absolute Gasteiger partial charge is 0.238 e. The van der Waals surface area contributed by atoms with E-state index in [2.05, 4.69) is 0 Å². The van der Waals surface area contributed by atoms with E-state index >= 15 is 0 Å². The summed E-state index contributed by atoms with van der Waals surface area (Å²) in [5.74, 6) is 0.185. The molecule has 5 heteroatoms. The quantitative estimate of drug-likeness (QED) is 0.838. The highest BCUT2D eigenvalue weighted by Crippen LogP contribution is 2.28.